The molecule has 9 heteroatoms. The van der Waals surface area contributed by atoms with Gasteiger partial charge in [0, 0.05) is 4.47 Å². The largest absolute Gasteiger partial charge is 0.467 e. The lowest BCUT2D eigenvalue weighted by molar-refractivity contribution is -0.145. The molecule has 8 nitrogen and oxygen atoms in total. The second-order valence-electron chi connectivity index (χ2n) is 7.39. The lowest BCUT2D eigenvalue weighted by Crippen LogP contribution is -2.45. The number of hydrogen-bond donors (Lipinski definition) is 2. The monoisotopic (exact) mass is 487 g/mol. The van der Waals surface area contributed by atoms with Gasteiger partial charge in [0.05, 0.1) is 7.11 Å². The van der Waals surface area contributed by atoms with Gasteiger partial charge in [0.25, 0.3) is 5.91 Å². The predicted octanol–water partition coefficient (Wildman–Crippen LogP) is 2.56. The molecule has 2 atom stereocenters. The zero-order valence-electron chi connectivity index (χ0n) is 17.3. The van der Waals surface area contributed by atoms with Gasteiger partial charge in [-0.3, -0.25) is 14.5 Å². The molecule has 31 heavy (non-hydrogen) atoms. The fourth-order valence-electron chi connectivity index (χ4n) is 3.32. The Morgan fingerprint density at radius 3 is 2.32 bits per heavy atom. The molecule has 1 saturated heterocycles. The number of nitrogens with one attached hydrogen (secondary N) is 2. The molecule has 2 unspecified atom stereocenters. The molecule has 4 amide bonds. The highest BCUT2D eigenvalue weighted by Crippen LogP contribution is 2.29. The van der Waals surface area contributed by atoms with Crippen LogP contribution in [0.2, 0.25) is 0 Å². The highest BCUT2D eigenvalue weighted by Gasteiger charge is 2.49. The number of aryl methyl sites for hydroxylation is 1. The van der Waals surface area contributed by atoms with E-state index in [1.165, 1.54) is 7.11 Å². The lowest BCUT2D eigenvalue weighted by atomic mass is 9.91. The first-order chi connectivity index (χ1) is 14.7. The van der Waals surface area contributed by atoms with Crippen LogP contribution in [0.3, 0.4) is 0 Å². The number of benzene rings is 2. The summed E-state index contributed by atoms with van der Waals surface area (Å²) in [6.07, 6.45) is 0. The molecule has 0 bridgehead atoms. The summed E-state index contributed by atoms with van der Waals surface area (Å²) in [7, 11) is 1.21. The van der Waals surface area contributed by atoms with Crippen LogP contribution in [0.5, 0.6) is 0 Å². The van der Waals surface area contributed by atoms with Crippen molar-refractivity contribution in [2.75, 3.05) is 13.7 Å². The molecule has 3 rings (SSSR count). The summed E-state index contributed by atoms with van der Waals surface area (Å²) in [6, 6.07) is 12.2. The summed E-state index contributed by atoms with van der Waals surface area (Å²) >= 11 is 3.31. The fourth-order valence-corrected chi connectivity index (χ4v) is 3.59. The Balaban J connectivity index is 1.76. The Bertz CT molecular complexity index is 1020. The number of esters is 1. The summed E-state index contributed by atoms with van der Waals surface area (Å²) in [5.41, 5.74) is 0.854. The standard InChI is InChI=1S/C22H22BrN3O5/c1-13-4-8-15(9-5-13)22(2)20(29)26(21(30)25-22)12-17(27)24-18(19(28)31-3)14-6-10-16(23)11-7-14/h4-11,18H,12H2,1-3H3,(H,24,27)(H,25,30). The fraction of sp³-hybridized carbons (Fsp3) is 0.273. The third kappa shape index (κ3) is 4.61. The molecule has 162 valence electrons. The van der Waals surface area contributed by atoms with Crippen LogP contribution in [0.25, 0.3) is 0 Å². The first-order valence-electron chi connectivity index (χ1n) is 9.49. The Hall–Kier alpha value is -3.20. The number of carbonyl (C=O) groups is 4. The van der Waals surface area contributed by atoms with E-state index in [0.717, 1.165) is 14.9 Å². The molecule has 1 heterocycles. The number of methoxy groups -OCH3 is 1. The van der Waals surface area contributed by atoms with Gasteiger partial charge >= 0.3 is 12.0 Å². The summed E-state index contributed by atoms with van der Waals surface area (Å²) in [5, 5.41) is 5.20. The van der Waals surface area contributed by atoms with E-state index in [2.05, 4.69) is 26.6 Å². The summed E-state index contributed by atoms with van der Waals surface area (Å²) in [5.74, 6) is -1.89. The van der Waals surface area contributed by atoms with E-state index in [9.17, 15) is 19.2 Å². The maximum Gasteiger partial charge on any atom is 0.333 e. The van der Waals surface area contributed by atoms with Crippen molar-refractivity contribution in [3.8, 4) is 0 Å². The first-order valence-corrected chi connectivity index (χ1v) is 10.3. The van der Waals surface area contributed by atoms with E-state index in [4.69, 9.17) is 4.74 Å². The molecule has 2 aromatic carbocycles. The highest BCUT2D eigenvalue weighted by atomic mass is 79.9. The van der Waals surface area contributed by atoms with Gasteiger partial charge in [0.1, 0.15) is 12.1 Å². The van der Waals surface area contributed by atoms with Gasteiger partial charge in [-0.15, -0.1) is 0 Å². The van der Waals surface area contributed by atoms with Gasteiger partial charge in [-0.2, -0.15) is 0 Å². The maximum absolute atomic E-state index is 13.0. The van der Waals surface area contributed by atoms with Crippen LogP contribution < -0.4 is 10.6 Å². The number of nitrogens with zero attached hydrogens (tertiary/aromatic N) is 1. The zero-order valence-corrected chi connectivity index (χ0v) is 18.9. The molecule has 1 aliphatic rings. The number of amides is 4. The maximum atomic E-state index is 13.0. The van der Waals surface area contributed by atoms with Crippen molar-refractivity contribution in [2.24, 2.45) is 0 Å². The van der Waals surface area contributed by atoms with E-state index in [-0.39, 0.29) is 0 Å². The predicted molar refractivity (Wildman–Crippen MR) is 116 cm³/mol. The van der Waals surface area contributed by atoms with Gasteiger partial charge in [0.15, 0.2) is 6.04 Å². The molecule has 2 N–H and O–H groups in total. The van der Waals surface area contributed by atoms with Crippen LogP contribution in [0.4, 0.5) is 4.79 Å². The van der Waals surface area contributed by atoms with Gasteiger partial charge in [-0.05, 0) is 37.1 Å². The smallest absolute Gasteiger partial charge is 0.333 e. The molecular formula is C22H22BrN3O5. The number of carbonyl (C=O) groups excluding carboxylic acids is 4. The SMILES string of the molecule is COC(=O)C(NC(=O)CN1C(=O)NC(C)(c2ccc(C)cc2)C1=O)c1ccc(Br)cc1. The van der Waals surface area contributed by atoms with E-state index in [0.29, 0.717) is 11.1 Å². The quantitative estimate of drug-likeness (QED) is 0.481. The molecule has 1 fully saturated rings. The number of urea groups is 1. The van der Waals surface area contributed by atoms with Crippen LogP contribution in [0.15, 0.2) is 53.0 Å². The Labute approximate surface area is 188 Å². The summed E-state index contributed by atoms with van der Waals surface area (Å²) in [6.45, 7) is 2.98. The Morgan fingerprint density at radius 2 is 1.74 bits per heavy atom. The Morgan fingerprint density at radius 1 is 1.13 bits per heavy atom. The lowest BCUT2D eigenvalue weighted by Gasteiger charge is -2.22. The molecule has 0 aromatic heterocycles. The van der Waals surface area contributed by atoms with E-state index in [1.54, 1.807) is 43.3 Å². The van der Waals surface area contributed by atoms with E-state index in [1.807, 2.05) is 19.1 Å². The molecule has 0 saturated carbocycles. The number of rotatable bonds is 6. The van der Waals surface area contributed by atoms with Crippen molar-refractivity contribution in [1.82, 2.24) is 15.5 Å². The van der Waals surface area contributed by atoms with Crippen LogP contribution >= 0.6 is 15.9 Å². The minimum atomic E-state index is -1.28. The topological polar surface area (TPSA) is 105 Å². The van der Waals surface area contributed by atoms with Crippen molar-refractivity contribution in [3.63, 3.8) is 0 Å². The number of imide groups is 1. The third-order valence-electron chi connectivity index (χ3n) is 5.15. The van der Waals surface area contributed by atoms with Crippen molar-refractivity contribution >= 4 is 39.7 Å². The minimum absolute atomic E-state index is 0.505. The Kier molecular flexibility index (Phi) is 6.45. The molecule has 0 aliphatic carbocycles. The average Bonchev–Trinajstić information content (AvgIpc) is 2.96. The molecular weight excluding hydrogens is 466 g/mol. The van der Waals surface area contributed by atoms with Crippen LogP contribution in [-0.2, 0) is 24.7 Å². The molecule has 1 aliphatic heterocycles. The highest BCUT2D eigenvalue weighted by molar-refractivity contribution is 9.10. The van der Waals surface area contributed by atoms with Gasteiger partial charge in [-0.1, -0.05) is 57.9 Å². The average molecular weight is 488 g/mol. The third-order valence-corrected chi connectivity index (χ3v) is 5.68. The van der Waals surface area contributed by atoms with Crippen LogP contribution in [-0.4, -0.2) is 42.4 Å². The normalized spacial score (nSPS) is 19.0. The van der Waals surface area contributed by atoms with Crippen molar-refractivity contribution in [1.29, 1.82) is 0 Å². The van der Waals surface area contributed by atoms with Crippen molar-refractivity contribution in [2.45, 2.75) is 25.4 Å². The van der Waals surface area contributed by atoms with Gasteiger partial charge in [0.2, 0.25) is 5.91 Å². The molecule has 2 aromatic rings. The minimum Gasteiger partial charge on any atom is -0.467 e. The number of halogens is 1. The number of ether oxygens (including phenoxy) is 1. The second kappa shape index (κ2) is 8.89. The molecule has 0 spiro atoms. The summed E-state index contributed by atoms with van der Waals surface area (Å²) in [4.78, 5) is 51.2. The van der Waals surface area contributed by atoms with E-state index < -0.39 is 41.9 Å². The summed E-state index contributed by atoms with van der Waals surface area (Å²) < 4.78 is 5.59. The molecule has 0 radical (unpaired) electrons. The zero-order chi connectivity index (χ0) is 22.8. The van der Waals surface area contributed by atoms with Crippen molar-refractivity contribution < 1.29 is 23.9 Å². The van der Waals surface area contributed by atoms with Gasteiger partial charge in [-0.25, -0.2) is 9.59 Å². The number of hydrogen-bond acceptors (Lipinski definition) is 5. The second-order valence-corrected chi connectivity index (χ2v) is 8.30. The van der Waals surface area contributed by atoms with Crippen LogP contribution in [0, 0.1) is 6.92 Å². The van der Waals surface area contributed by atoms with E-state index >= 15 is 0 Å². The van der Waals surface area contributed by atoms with Crippen LogP contribution in [0.1, 0.15) is 29.7 Å². The first kappa shape index (κ1) is 22.5. The van der Waals surface area contributed by atoms with Gasteiger partial charge < -0.3 is 15.4 Å². The van der Waals surface area contributed by atoms with Crippen molar-refractivity contribution in [3.05, 3.63) is 69.7 Å².